The Labute approximate surface area is 189 Å². The van der Waals surface area contributed by atoms with Crippen LogP contribution >= 0.6 is 0 Å². The molecule has 32 heavy (non-hydrogen) atoms. The number of allylic oxidation sites excluding steroid dienone is 1. The molecule has 168 valence electrons. The van der Waals surface area contributed by atoms with Crippen LogP contribution in [-0.2, 0) is 13.1 Å². The number of aryl methyl sites for hydroxylation is 1. The Morgan fingerprint density at radius 1 is 1.16 bits per heavy atom. The van der Waals surface area contributed by atoms with Crippen LogP contribution in [0.1, 0.15) is 59.3 Å². The molecule has 0 unspecified atom stereocenters. The van der Waals surface area contributed by atoms with Gasteiger partial charge in [-0.1, -0.05) is 41.5 Å². The Morgan fingerprint density at radius 2 is 1.97 bits per heavy atom. The Hall–Kier alpha value is -3.05. The van der Waals surface area contributed by atoms with Gasteiger partial charge in [0, 0.05) is 30.1 Å². The number of hydrogen-bond acceptors (Lipinski definition) is 3. The molecule has 1 aromatic heterocycles. The number of methoxy groups -OCH3 is 1. The Balaban J connectivity index is 1.65. The van der Waals surface area contributed by atoms with Gasteiger partial charge in [-0.25, -0.2) is 4.79 Å². The van der Waals surface area contributed by atoms with Crippen molar-refractivity contribution < 1.29 is 14.6 Å². The number of carboxylic acids is 1. The first-order valence-electron chi connectivity index (χ1n) is 11.4. The van der Waals surface area contributed by atoms with E-state index in [4.69, 9.17) is 4.74 Å². The van der Waals surface area contributed by atoms with Gasteiger partial charge in [-0.15, -0.1) is 0 Å². The van der Waals surface area contributed by atoms with Crippen LogP contribution in [0.4, 0.5) is 0 Å². The Morgan fingerprint density at radius 3 is 2.66 bits per heavy atom. The lowest BCUT2D eigenvalue weighted by atomic mass is 9.97. The molecule has 3 aromatic rings. The van der Waals surface area contributed by atoms with Gasteiger partial charge < -0.3 is 19.7 Å². The Kier molecular flexibility index (Phi) is 6.96. The quantitative estimate of drug-likeness (QED) is 0.337. The number of carboxylic acid groups (broad SMARTS) is 1. The van der Waals surface area contributed by atoms with Crippen LogP contribution in [0.5, 0.6) is 5.75 Å². The molecule has 0 fully saturated rings. The summed E-state index contributed by atoms with van der Waals surface area (Å²) in [5, 5.41) is 14.6. The number of aromatic nitrogens is 1. The minimum Gasteiger partial charge on any atom is -0.497 e. The molecule has 0 atom stereocenters. The van der Waals surface area contributed by atoms with Crippen molar-refractivity contribution in [2.45, 2.75) is 52.1 Å². The summed E-state index contributed by atoms with van der Waals surface area (Å²) >= 11 is 0. The van der Waals surface area contributed by atoms with E-state index >= 15 is 0 Å². The smallest absolute Gasteiger partial charge is 0.352 e. The van der Waals surface area contributed by atoms with Crippen molar-refractivity contribution in [2.75, 3.05) is 13.7 Å². The summed E-state index contributed by atoms with van der Waals surface area (Å²) in [7, 11) is 1.63. The molecule has 0 aliphatic heterocycles. The molecule has 1 aliphatic rings. The van der Waals surface area contributed by atoms with Crippen LogP contribution in [0.3, 0.4) is 0 Å². The summed E-state index contributed by atoms with van der Waals surface area (Å²) in [5.41, 5.74) is 5.84. The van der Waals surface area contributed by atoms with Crippen molar-refractivity contribution in [3.8, 4) is 5.75 Å². The van der Waals surface area contributed by atoms with Crippen molar-refractivity contribution in [1.82, 2.24) is 9.88 Å². The minimum atomic E-state index is -0.904. The fourth-order valence-corrected chi connectivity index (χ4v) is 4.59. The molecule has 1 aliphatic carbocycles. The maximum absolute atomic E-state index is 12.4. The van der Waals surface area contributed by atoms with Crippen LogP contribution in [0.25, 0.3) is 10.9 Å². The van der Waals surface area contributed by atoms with Gasteiger partial charge in [0.1, 0.15) is 11.4 Å². The molecule has 0 radical (unpaired) electrons. The number of aromatic carboxylic acids is 1. The second-order valence-corrected chi connectivity index (χ2v) is 8.62. The molecule has 5 heteroatoms. The first-order chi connectivity index (χ1) is 15.6. The third kappa shape index (κ3) is 4.89. The van der Waals surface area contributed by atoms with Crippen LogP contribution in [0, 0.1) is 6.92 Å². The highest BCUT2D eigenvalue weighted by Gasteiger charge is 2.23. The second kappa shape index (κ2) is 10.0. The average Bonchev–Trinajstić information content (AvgIpc) is 3.11. The van der Waals surface area contributed by atoms with Crippen molar-refractivity contribution in [2.24, 2.45) is 0 Å². The van der Waals surface area contributed by atoms with E-state index in [-0.39, 0.29) is 0 Å². The highest BCUT2D eigenvalue weighted by Crippen LogP contribution is 2.31. The molecule has 2 aromatic carbocycles. The fraction of sp³-hybridized carbons (Fsp3) is 0.370. The zero-order valence-electron chi connectivity index (χ0n) is 19.0. The third-order valence-corrected chi connectivity index (χ3v) is 6.35. The summed E-state index contributed by atoms with van der Waals surface area (Å²) in [4.78, 5) is 12.4. The maximum Gasteiger partial charge on any atom is 0.352 e. The van der Waals surface area contributed by atoms with Gasteiger partial charge in [-0.2, -0.15) is 0 Å². The third-order valence-electron chi connectivity index (χ3n) is 6.35. The first kappa shape index (κ1) is 22.2. The predicted octanol–water partition coefficient (Wildman–Crippen LogP) is 5.68. The molecular formula is C27H32N2O3. The molecule has 0 saturated heterocycles. The standard InChI is InChI=1S/C27H32N2O3/c1-19-8-10-21(11-9-19)18-29-25-16-22(32-2)12-13-23(25)24(26(29)27(30)31)17-28-15-14-20-6-4-3-5-7-20/h6,8-13,16,28H,3-5,7,14-15,17-18H2,1-2H3,(H,30,31). The fourth-order valence-electron chi connectivity index (χ4n) is 4.59. The monoisotopic (exact) mass is 432 g/mol. The summed E-state index contributed by atoms with van der Waals surface area (Å²) in [6.07, 6.45) is 8.35. The normalized spacial score (nSPS) is 13.9. The van der Waals surface area contributed by atoms with Gasteiger partial charge >= 0.3 is 5.97 Å². The van der Waals surface area contributed by atoms with E-state index in [1.807, 2.05) is 22.8 Å². The molecule has 0 bridgehead atoms. The van der Waals surface area contributed by atoms with E-state index in [1.54, 1.807) is 7.11 Å². The lowest BCUT2D eigenvalue weighted by Crippen LogP contribution is -2.19. The van der Waals surface area contributed by atoms with Crippen LogP contribution in [0.2, 0.25) is 0 Å². The predicted molar refractivity (Wildman–Crippen MR) is 129 cm³/mol. The van der Waals surface area contributed by atoms with Gasteiger partial charge in [-0.3, -0.25) is 0 Å². The van der Waals surface area contributed by atoms with E-state index in [0.717, 1.165) is 40.7 Å². The molecule has 5 nitrogen and oxygen atoms in total. The number of carbonyl (C=O) groups is 1. The number of nitrogens with one attached hydrogen (secondary N) is 1. The zero-order chi connectivity index (χ0) is 22.5. The maximum atomic E-state index is 12.4. The summed E-state index contributed by atoms with van der Waals surface area (Å²) in [5.74, 6) is -0.181. The minimum absolute atomic E-state index is 0.346. The summed E-state index contributed by atoms with van der Waals surface area (Å²) in [6, 6.07) is 14.1. The van der Waals surface area contributed by atoms with Crippen molar-refractivity contribution in [3.63, 3.8) is 0 Å². The highest BCUT2D eigenvalue weighted by molar-refractivity contribution is 5.98. The number of benzene rings is 2. The van der Waals surface area contributed by atoms with Gasteiger partial charge in [-0.05, 0) is 63.3 Å². The van der Waals surface area contributed by atoms with E-state index in [2.05, 4.69) is 42.6 Å². The summed E-state index contributed by atoms with van der Waals surface area (Å²) in [6.45, 7) is 3.93. The molecule has 1 heterocycles. The lowest BCUT2D eigenvalue weighted by molar-refractivity contribution is 0.0684. The number of hydrogen-bond donors (Lipinski definition) is 2. The van der Waals surface area contributed by atoms with Crippen LogP contribution in [-0.4, -0.2) is 29.3 Å². The SMILES string of the molecule is COc1ccc2c(CNCCC3=CCCCC3)c(C(=O)O)n(Cc3ccc(C)cc3)c2c1. The van der Waals surface area contributed by atoms with Crippen molar-refractivity contribution in [1.29, 1.82) is 0 Å². The number of nitrogens with zero attached hydrogens (tertiary/aromatic N) is 1. The molecule has 0 amide bonds. The van der Waals surface area contributed by atoms with Gasteiger partial charge in [0.05, 0.1) is 12.6 Å². The second-order valence-electron chi connectivity index (χ2n) is 8.62. The molecule has 0 saturated carbocycles. The van der Waals surface area contributed by atoms with Crippen LogP contribution in [0.15, 0.2) is 54.1 Å². The van der Waals surface area contributed by atoms with E-state index in [0.29, 0.717) is 18.8 Å². The molecule has 4 rings (SSSR count). The van der Waals surface area contributed by atoms with Gasteiger partial charge in [0.2, 0.25) is 0 Å². The van der Waals surface area contributed by atoms with E-state index in [9.17, 15) is 9.90 Å². The zero-order valence-corrected chi connectivity index (χ0v) is 19.0. The molecule has 2 N–H and O–H groups in total. The number of fused-ring (bicyclic) bond motifs is 1. The van der Waals surface area contributed by atoms with Crippen molar-refractivity contribution >= 4 is 16.9 Å². The van der Waals surface area contributed by atoms with Gasteiger partial charge in [0.15, 0.2) is 0 Å². The highest BCUT2D eigenvalue weighted by atomic mass is 16.5. The summed E-state index contributed by atoms with van der Waals surface area (Å²) < 4.78 is 7.34. The van der Waals surface area contributed by atoms with Crippen molar-refractivity contribution in [3.05, 3.63) is 76.5 Å². The molecular weight excluding hydrogens is 400 g/mol. The molecule has 0 spiro atoms. The van der Waals surface area contributed by atoms with E-state index in [1.165, 1.54) is 36.8 Å². The topological polar surface area (TPSA) is 63.5 Å². The largest absolute Gasteiger partial charge is 0.497 e. The van der Waals surface area contributed by atoms with Gasteiger partial charge in [0.25, 0.3) is 0 Å². The Bertz CT molecular complexity index is 1130. The average molecular weight is 433 g/mol. The first-order valence-corrected chi connectivity index (χ1v) is 11.4. The lowest BCUT2D eigenvalue weighted by Gasteiger charge is -2.13. The van der Waals surface area contributed by atoms with E-state index < -0.39 is 5.97 Å². The number of ether oxygens (including phenoxy) is 1. The van der Waals surface area contributed by atoms with Crippen LogP contribution < -0.4 is 10.1 Å². The number of rotatable bonds is 9.